The molecule has 1 aliphatic heterocycles. The highest BCUT2D eigenvalue weighted by Crippen LogP contribution is 2.35. The fourth-order valence-corrected chi connectivity index (χ4v) is 3.73. The summed E-state index contributed by atoms with van der Waals surface area (Å²) < 4.78 is 0. The van der Waals surface area contributed by atoms with E-state index in [9.17, 15) is 0 Å². The highest BCUT2D eigenvalue weighted by atomic mass is 14.9. The molecule has 1 saturated heterocycles. The van der Waals surface area contributed by atoms with E-state index in [-0.39, 0.29) is 0 Å². The molecule has 1 heterocycles. The lowest BCUT2D eigenvalue weighted by Gasteiger charge is -2.29. The summed E-state index contributed by atoms with van der Waals surface area (Å²) in [5, 5.41) is 3.68. The van der Waals surface area contributed by atoms with Crippen molar-refractivity contribution < 1.29 is 0 Å². The Morgan fingerprint density at radius 1 is 1.00 bits per heavy atom. The van der Waals surface area contributed by atoms with Crippen LogP contribution in [0.5, 0.6) is 0 Å². The van der Waals surface area contributed by atoms with Crippen molar-refractivity contribution in [3.05, 3.63) is 35.4 Å². The lowest BCUT2D eigenvalue weighted by atomic mass is 9.79. The summed E-state index contributed by atoms with van der Waals surface area (Å²) in [5.41, 5.74) is 3.27. The second-order valence-electron chi connectivity index (χ2n) is 6.01. The Labute approximate surface area is 111 Å². The fourth-order valence-electron chi connectivity index (χ4n) is 3.73. The lowest BCUT2D eigenvalue weighted by Crippen LogP contribution is -2.34. The molecule has 2 unspecified atom stereocenters. The molecule has 1 N–H and O–H groups in total. The van der Waals surface area contributed by atoms with Gasteiger partial charge in [0.25, 0.3) is 0 Å². The minimum absolute atomic E-state index is 0.799. The van der Waals surface area contributed by atoms with Crippen LogP contribution in [0.25, 0.3) is 0 Å². The van der Waals surface area contributed by atoms with Crippen molar-refractivity contribution in [2.45, 2.75) is 63.3 Å². The molecule has 3 rings (SSSR count). The fraction of sp³-hybridized carbons (Fsp3) is 0.647. The van der Waals surface area contributed by atoms with Crippen LogP contribution in [-0.4, -0.2) is 12.6 Å². The zero-order chi connectivity index (χ0) is 12.2. The van der Waals surface area contributed by atoms with Crippen molar-refractivity contribution in [1.82, 2.24) is 5.32 Å². The predicted molar refractivity (Wildman–Crippen MR) is 77.0 cm³/mol. The van der Waals surface area contributed by atoms with Crippen LogP contribution in [0.4, 0.5) is 0 Å². The number of piperidine rings is 1. The molecule has 1 heteroatoms. The number of hydrogen-bond acceptors (Lipinski definition) is 1. The first-order valence-corrected chi connectivity index (χ1v) is 7.74. The number of aryl methyl sites for hydroxylation is 1. The molecule has 2 aliphatic rings. The Bertz CT molecular complexity index is 379. The van der Waals surface area contributed by atoms with E-state index in [1.807, 2.05) is 0 Å². The monoisotopic (exact) mass is 243 g/mol. The summed E-state index contributed by atoms with van der Waals surface area (Å²) in [6.07, 6.45) is 11.1. The van der Waals surface area contributed by atoms with Gasteiger partial charge in [-0.15, -0.1) is 0 Å². The molecule has 0 amide bonds. The van der Waals surface area contributed by atoms with E-state index in [1.54, 1.807) is 11.1 Å². The van der Waals surface area contributed by atoms with Crippen LogP contribution in [0.3, 0.4) is 0 Å². The topological polar surface area (TPSA) is 12.0 Å². The van der Waals surface area contributed by atoms with E-state index in [4.69, 9.17) is 0 Å². The van der Waals surface area contributed by atoms with Gasteiger partial charge in [-0.3, -0.25) is 0 Å². The van der Waals surface area contributed by atoms with Crippen LogP contribution in [0, 0.1) is 0 Å². The number of hydrogen-bond donors (Lipinski definition) is 1. The largest absolute Gasteiger partial charge is 0.314 e. The summed E-state index contributed by atoms with van der Waals surface area (Å²) in [7, 11) is 0. The maximum absolute atomic E-state index is 3.68. The molecule has 1 nitrogen and oxygen atoms in total. The van der Waals surface area contributed by atoms with Gasteiger partial charge in [-0.25, -0.2) is 0 Å². The van der Waals surface area contributed by atoms with Gasteiger partial charge < -0.3 is 5.32 Å². The molecule has 98 valence electrons. The quantitative estimate of drug-likeness (QED) is 0.845. The Balaban J connectivity index is 1.60. The minimum atomic E-state index is 0.799. The molecule has 18 heavy (non-hydrogen) atoms. The molecule has 0 aromatic heterocycles. The van der Waals surface area contributed by atoms with Gasteiger partial charge in [0.1, 0.15) is 0 Å². The van der Waals surface area contributed by atoms with Crippen LogP contribution in [0.15, 0.2) is 24.3 Å². The van der Waals surface area contributed by atoms with E-state index in [0.717, 1.165) is 12.0 Å². The standard InChI is InChI=1S/C17H25N/c1-2-10-17-14(6-1)7-5-8-15(17)11-12-16-9-3-4-13-18-16/h1-2,6,10,15-16,18H,3-5,7-9,11-13H2. The molecule has 1 aliphatic carbocycles. The first kappa shape index (κ1) is 12.2. The van der Waals surface area contributed by atoms with Crippen molar-refractivity contribution in [1.29, 1.82) is 0 Å². The van der Waals surface area contributed by atoms with Gasteiger partial charge >= 0.3 is 0 Å². The summed E-state index contributed by atoms with van der Waals surface area (Å²) in [6, 6.07) is 9.92. The van der Waals surface area contributed by atoms with Crippen LogP contribution in [0.1, 0.15) is 62.0 Å². The summed E-state index contributed by atoms with van der Waals surface area (Å²) >= 11 is 0. The third-order valence-electron chi connectivity index (χ3n) is 4.77. The van der Waals surface area contributed by atoms with E-state index in [0.29, 0.717) is 0 Å². The SMILES string of the molecule is c1ccc2c(c1)CCCC2CCC1CCCCN1. The smallest absolute Gasteiger partial charge is 0.00672 e. The summed E-state index contributed by atoms with van der Waals surface area (Å²) in [5.74, 6) is 0.832. The summed E-state index contributed by atoms with van der Waals surface area (Å²) in [4.78, 5) is 0. The third-order valence-corrected chi connectivity index (χ3v) is 4.77. The number of nitrogens with one attached hydrogen (secondary N) is 1. The van der Waals surface area contributed by atoms with Crippen molar-refractivity contribution in [3.8, 4) is 0 Å². The molecule has 0 spiro atoms. The molecular weight excluding hydrogens is 218 g/mol. The number of rotatable bonds is 3. The second-order valence-corrected chi connectivity index (χ2v) is 6.01. The van der Waals surface area contributed by atoms with Gasteiger partial charge in [-0.1, -0.05) is 30.7 Å². The molecule has 2 atom stereocenters. The van der Waals surface area contributed by atoms with Crippen LogP contribution in [-0.2, 0) is 6.42 Å². The maximum atomic E-state index is 3.68. The average molecular weight is 243 g/mol. The van der Waals surface area contributed by atoms with Crippen molar-refractivity contribution in [2.24, 2.45) is 0 Å². The highest BCUT2D eigenvalue weighted by Gasteiger charge is 2.21. The minimum Gasteiger partial charge on any atom is -0.314 e. The molecule has 1 fully saturated rings. The molecule has 1 aromatic rings. The molecule has 0 saturated carbocycles. The van der Waals surface area contributed by atoms with Crippen molar-refractivity contribution in [2.75, 3.05) is 6.54 Å². The Hall–Kier alpha value is -0.820. The Morgan fingerprint density at radius 3 is 2.83 bits per heavy atom. The van der Waals surface area contributed by atoms with Gasteiger partial charge in [0, 0.05) is 6.04 Å². The first-order chi connectivity index (χ1) is 8.93. The third kappa shape index (κ3) is 2.77. The lowest BCUT2D eigenvalue weighted by molar-refractivity contribution is 0.357. The van der Waals surface area contributed by atoms with Gasteiger partial charge in [-0.2, -0.15) is 0 Å². The normalized spacial score (nSPS) is 27.8. The first-order valence-electron chi connectivity index (χ1n) is 7.74. The van der Waals surface area contributed by atoms with Gasteiger partial charge in [-0.05, 0) is 68.5 Å². The predicted octanol–water partition coefficient (Wildman–Crippen LogP) is 4.03. The molecule has 1 aromatic carbocycles. The van der Waals surface area contributed by atoms with Gasteiger partial charge in [0.05, 0.1) is 0 Å². The second kappa shape index (κ2) is 5.88. The van der Waals surface area contributed by atoms with Crippen molar-refractivity contribution in [3.63, 3.8) is 0 Å². The van der Waals surface area contributed by atoms with E-state index in [1.165, 1.54) is 57.9 Å². The van der Waals surface area contributed by atoms with Crippen LogP contribution < -0.4 is 5.32 Å². The maximum Gasteiger partial charge on any atom is 0.00672 e. The summed E-state index contributed by atoms with van der Waals surface area (Å²) in [6.45, 7) is 1.24. The molecule has 0 bridgehead atoms. The van der Waals surface area contributed by atoms with Crippen LogP contribution >= 0.6 is 0 Å². The van der Waals surface area contributed by atoms with E-state index in [2.05, 4.69) is 29.6 Å². The van der Waals surface area contributed by atoms with Gasteiger partial charge in [0.2, 0.25) is 0 Å². The van der Waals surface area contributed by atoms with E-state index >= 15 is 0 Å². The van der Waals surface area contributed by atoms with Crippen molar-refractivity contribution >= 4 is 0 Å². The number of benzene rings is 1. The zero-order valence-electron chi connectivity index (χ0n) is 11.3. The van der Waals surface area contributed by atoms with E-state index < -0.39 is 0 Å². The molecular formula is C17H25N. The highest BCUT2D eigenvalue weighted by molar-refractivity contribution is 5.32. The number of fused-ring (bicyclic) bond motifs is 1. The zero-order valence-corrected chi connectivity index (χ0v) is 11.3. The Morgan fingerprint density at radius 2 is 1.94 bits per heavy atom. The molecule has 0 radical (unpaired) electrons. The van der Waals surface area contributed by atoms with Crippen LogP contribution in [0.2, 0.25) is 0 Å². The van der Waals surface area contributed by atoms with Gasteiger partial charge in [0.15, 0.2) is 0 Å². The average Bonchev–Trinajstić information content (AvgIpc) is 2.46. The Kier molecular flexibility index (Phi) is 3.99.